The minimum absolute atomic E-state index is 0.0650. The summed E-state index contributed by atoms with van der Waals surface area (Å²) in [4.78, 5) is 36.7. The number of guanidine groups is 1. The number of fused-ring (bicyclic) bond motifs is 1. The fourth-order valence-electron chi connectivity index (χ4n) is 3.24. The van der Waals surface area contributed by atoms with Crippen molar-refractivity contribution in [1.82, 2.24) is 35.8 Å². The second-order valence-electron chi connectivity index (χ2n) is 6.95. The predicted octanol–water partition coefficient (Wildman–Crippen LogP) is 0.520. The number of pyridine rings is 1. The van der Waals surface area contributed by atoms with Crippen LogP contribution in [0.4, 0.5) is 4.79 Å². The highest BCUT2D eigenvalue weighted by Crippen LogP contribution is 2.25. The summed E-state index contributed by atoms with van der Waals surface area (Å²) in [6.07, 6.45) is 9.81. The summed E-state index contributed by atoms with van der Waals surface area (Å²) >= 11 is 0. The highest BCUT2D eigenvalue weighted by atomic mass is 16.3. The molecule has 160 valence electrons. The lowest BCUT2D eigenvalue weighted by atomic mass is 10.0. The Hall–Kier alpha value is -4.15. The molecule has 1 aliphatic heterocycles. The van der Waals surface area contributed by atoms with Crippen LogP contribution < -0.4 is 21.3 Å². The van der Waals surface area contributed by atoms with E-state index in [1.165, 1.54) is 6.33 Å². The third-order valence-electron chi connectivity index (χ3n) is 4.73. The van der Waals surface area contributed by atoms with E-state index in [-0.39, 0.29) is 29.4 Å². The van der Waals surface area contributed by atoms with Gasteiger partial charge in [0.15, 0.2) is 0 Å². The van der Waals surface area contributed by atoms with Crippen molar-refractivity contribution in [3.8, 4) is 0 Å². The Morgan fingerprint density at radius 1 is 1.32 bits per heavy atom. The lowest BCUT2D eigenvalue weighted by Gasteiger charge is -2.21. The van der Waals surface area contributed by atoms with E-state index in [4.69, 9.17) is 0 Å². The van der Waals surface area contributed by atoms with Gasteiger partial charge in [0.2, 0.25) is 5.96 Å². The number of aromatic nitrogens is 3. The quantitative estimate of drug-likeness (QED) is 0.475. The Morgan fingerprint density at radius 3 is 2.97 bits per heavy atom. The predicted molar refractivity (Wildman–Crippen MR) is 113 cm³/mol. The zero-order valence-corrected chi connectivity index (χ0v) is 16.7. The van der Waals surface area contributed by atoms with Crippen molar-refractivity contribution >= 4 is 23.6 Å². The van der Waals surface area contributed by atoms with Crippen LogP contribution in [0.15, 0.2) is 60.0 Å². The number of urea groups is 1. The number of hydrogen-bond donors (Lipinski definition) is 5. The molecule has 0 aromatic carbocycles. The van der Waals surface area contributed by atoms with E-state index in [1.807, 2.05) is 19.1 Å². The molecule has 0 saturated heterocycles. The number of aliphatic hydroxyl groups excluding tert-OH is 1. The first-order valence-corrected chi connectivity index (χ1v) is 9.76. The number of carbonyl (C=O) groups is 2. The monoisotopic (exact) mass is 422 g/mol. The van der Waals surface area contributed by atoms with Crippen molar-refractivity contribution in [1.29, 1.82) is 0 Å². The summed E-state index contributed by atoms with van der Waals surface area (Å²) in [5.41, 5.74) is 1.74. The molecule has 0 radical (unpaired) electrons. The number of nitrogens with one attached hydrogen (secondary N) is 4. The van der Waals surface area contributed by atoms with Gasteiger partial charge in [0.05, 0.1) is 0 Å². The van der Waals surface area contributed by atoms with Crippen molar-refractivity contribution in [3.05, 3.63) is 66.2 Å². The number of aliphatic hydroxyl groups is 1. The lowest BCUT2D eigenvalue weighted by molar-refractivity contribution is 0.0946. The maximum atomic E-state index is 12.4. The number of aliphatic imine (C=N–C) groups is 1. The highest BCUT2D eigenvalue weighted by Gasteiger charge is 2.34. The van der Waals surface area contributed by atoms with Gasteiger partial charge in [0.1, 0.15) is 29.9 Å². The minimum Gasteiger partial charge on any atom is -0.510 e. The van der Waals surface area contributed by atoms with Crippen molar-refractivity contribution in [2.24, 2.45) is 4.99 Å². The third kappa shape index (κ3) is 4.55. The number of carbonyl (C=O) groups excluding carboxylic acids is 2. The van der Waals surface area contributed by atoms with Crippen LogP contribution in [0, 0.1) is 0 Å². The van der Waals surface area contributed by atoms with Crippen molar-refractivity contribution < 1.29 is 14.7 Å². The zero-order chi connectivity index (χ0) is 21.8. The number of hydrogen-bond acceptors (Lipinski definition) is 7. The second-order valence-corrected chi connectivity index (χ2v) is 6.95. The summed E-state index contributed by atoms with van der Waals surface area (Å²) in [5, 5.41) is 21.4. The van der Waals surface area contributed by atoms with Gasteiger partial charge in [-0.05, 0) is 24.6 Å². The summed E-state index contributed by atoms with van der Waals surface area (Å²) in [5.74, 6) is 0.0220. The molecule has 0 saturated carbocycles. The molecule has 2 atom stereocenters. The Kier molecular flexibility index (Phi) is 5.65. The smallest absolute Gasteiger partial charge is 0.321 e. The molecular weight excluding hydrogens is 400 g/mol. The summed E-state index contributed by atoms with van der Waals surface area (Å²) in [7, 11) is 0. The van der Waals surface area contributed by atoms with Crippen LogP contribution in [0.5, 0.6) is 0 Å². The summed E-state index contributed by atoms with van der Waals surface area (Å²) in [6, 6.07) is 2.41. The molecule has 0 fully saturated rings. The Labute approximate surface area is 178 Å². The molecule has 11 heteroatoms. The maximum absolute atomic E-state index is 12.4. The molecule has 0 spiro atoms. The molecule has 2 aromatic rings. The highest BCUT2D eigenvalue weighted by molar-refractivity contribution is 5.98. The van der Waals surface area contributed by atoms with E-state index >= 15 is 0 Å². The fraction of sp³-hybridized carbons (Fsp3) is 0.250. The van der Waals surface area contributed by atoms with Crippen LogP contribution in [-0.4, -0.2) is 56.2 Å². The molecular formula is C20H22N8O3. The van der Waals surface area contributed by atoms with Gasteiger partial charge < -0.3 is 25.6 Å². The van der Waals surface area contributed by atoms with Gasteiger partial charge in [0, 0.05) is 43.5 Å². The van der Waals surface area contributed by atoms with Crippen molar-refractivity contribution in [3.63, 3.8) is 0 Å². The Bertz CT molecular complexity index is 1070. The number of allylic oxidation sites excluding steroid dienone is 2. The van der Waals surface area contributed by atoms with Gasteiger partial charge >= 0.3 is 6.03 Å². The van der Waals surface area contributed by atoms with Crippen LogP contribution in [0.2, 0.25) is 0 Å². The van der Waals surface area contributed by atoms with Crippen molar-refractivity contribution in [2.45, 2.75) is 25.6 Å². The van der Waals surface area contributed by atoms with Crippen LogP contribution in [0.3, 0.4) is 0 Å². The second kappa shape index (κ2) is 8.69. The normalized spacial score (nSPS) is 19.3. The van der Waals surface area contributed by atoms with Crippen LogP contribution in [-0.2, 0) is 6.54 Å². The Morgan fingerprint density at radius 2 is 2.19 bits per heavy atom. The van der Waals surface area contributed by atoms with E-state index in [9.17, 15) is 14.7 Å². The summed E-state index contributed by atoms with van der Waals surface area (Å²) in [6.45, 7) is 2.64. The molecule has 3 amide bonds. The number of imidazole rings is 1. The van der Waals surface area contributed by atoms with Gasteiger partial charge in [-0.3, -0.25) is 15.1 Å². The molecule has 0 bridgehead atoms. The standard InChI is InChI=1S/C20H22N8O3/c1-2-22-20(31)27-19-25-14-6-13(7-16(29)17(14)26-19)28-10-15(24-11-28)18(30)23-9-12-4-3-5-21-8-12/h3-8,10-11,14,17,29H,2,9H2,1H3,(H,23,30)(H3,22,25,26,27,31). The Balaban J connectivity index is 1.44. The molecule has 31 heavy (non-hydrogen) atoms. The van der Waals surface area contributed by atoms with Crippen LogP contribution in [0.25, 0.3) is 5.70 Å². The van der Waals surface area contributed by atoms with Gasteiger partial charge in [-0.25, -0.2) is 14.8 Å². The molecule has 11 nitrogen and oxygen atoms in total. The number of rotatable bonds is 5. The van der Waals surface area contributed by atoms with Crippen molar-refractivity contribution in [2.75, 3.05) is 6.54 Å². The van der Waals surface area contributed by atoms with Gasteiger partial charge in [-0.1, -0.05) is 6.07 Å². The summed E-state index contributed by atoms with van der Waals surface area (Å²) < 4.78 is 1.64. The van der Waals surface area contributed by atoms with E-state index in [2.05, 4.69) is 36.2 Å². The van der Waals surface area contributed by atoms with Gasteiger partial charge in [-0.15, -0.1) is 0 Å². The topological polar surface area (TPSA) is 146 Å². The van der Waals surface area contributed by atoms with Crippen LogP contribution in [0.1, 0.15) is 23.0 Å². The molecule has 4 rings (SSSR count). The molecule has 2 aromatic heterocycles. The van der Waals surface area contributed by atoms with Gasteiger partial charge in [-0.2, -0.15) is 0 Å². The maximum Gasteiger partial charge on any atom is 0.321 e. The first kappa shape index (κ1) is 20.1. The third-order valence-corrected chi connectivity index (χ3v) is 4.73. The van der Waals surface area contributed by atoms with E-state index in [1.54, 1.807) is 35.3 Å². The lowest BCUT2D eigenvalue weighted by Crippen LogP contribution is -2.47. The van der Waals surface area contributed by atoms with Crippen LogP contribution >= 0.6 is 0 Å². The van der Waals surface area contributed by atoms with Gasteiger partial charge in [0.25, 0.3) is 5.91 Å². The minimum atomic E-state index is -0.466. The average molecular weight is 422 g/mol. The fourth-order valence-corrected chi connectivity index (χ4v) is 3.24. The number of amides is 3. The zero-order valence-electron chi connectivity index (χ0n) is 16.7. The SMILES string of the molecule is CCNC(=O)NC1=NC2C=C(n3cnc(C(=O)NCc4cccnc4)c3)C=C(O)C2N1. The average Bonchev–Trinajstić information content (AvgIpc) is 3.40. The van der Waals surface area contributed by atoms with E-state index in [0.717, 1.165) is 5.56 Å². The molecule has 1 aliphatic carbocycles. The van der Waals surface area contributed by atoms with E-state index in [0.29, 0.717) is 18.8 Å². The molecule has 2 aliphatic rings. The van der Waals surface area contributed by atoms with E-state index < -0.39 is 12.1 Å². The number of nitrogens with zero attached hydrogens (tertiary/aromatic N) is 4. The first-order chi connectivity index (χ1) is 15.0. The molecule has 3 heterocycles. The molecule has 5 N–H and O–H groups in total. The molecule has 2 unspecified atom stereocenters. The first-order valence-electron chi connectivity index (χ1n) is 9.76. The largest absolute Gasteiger partial charge is 0.510 e.